The summed E-state index contributed by atoms with van der Waals surface area (Å²) in [6.45, 7) is 5.36. The summed E-state index contributed by atoms with van der Waals surface area (Å²) >= 11 is 6.38. The minimum Gasteiger partial charge on any atom is -0.496 e. The number of methoxy groups -OCH3 is 2. The van der Waals surface area contributed by atoms with Crippen molar-refractivity contribution in [3.63, 3.8) is 0 Å². The molecule has 0 aromatic heterocycles. The monoisotopic (exact) mass is 503 g/mol. The van der Waals surface area contributed by atoms with Crippen LogP contribution in [0.1, 0.15) is 58.0 Å². The summed E-state index contributed by atoms with van der Waals surface area (Å²) in [6.07, 6.45) is 0.665. The molecule has 1 heterocycles. The van der Waals surface area contributed by atoms with Crippen LogP contribution in [-0.4, -0.2) is 63.1 Å². The molecule has 1 aliphatic heterocycles. The molecule has 3 rings (SSSR count). The van der Waals surface area contributed by atoms with Crippen LogP contribution in [-0.2, 0) is 9.53 Å². The minimum atomic E-state index is -0.708. The van der Waals surface area contributed by atoms with Crippen molar-refractivity contribution in [2.45, 2.75) is 39.2 Å². The number of aryl methyl sites for hydroxylation is 1. The van der Waals surface area contributed by atoms with Crippen LogP contribution < -0.4 is 14.2 Å². The highest BCUT2D eigenvalue weighted by Crippen LogP contribution is 2.48. The smallest absolute Gasteiger partial charge is 0.345 e. The lowest BCUT2D eigenvalue weighted by Crippen LogP contribution is -2.34. The van der Waals surface area contributed by atoms with Gasteiger partial charge in [-0.25, -0.2) is 4.79 Å². The van der Waals surface area contributed by atoms with Crippen molar-refractivity contribution in [3.05, 3.63) is 51.5 Å². The number of rotatable bonds is 8. The molecule has 0 amide bonds. The van der Waals surface area contributed by atoms with Crippen LogP contribution >= 0.6 is 11.6 Å². The Morgan fingerprint density at radius 2 is 1.80 bits per heavy atom. The molecule has 0 unspecified atom stereocenters. The number of hydrogen-bond donors (Lipinski definition) is 0. The second-order valence-electron chi connectivity index (χ2n) is 8.53. The van der Waals surface area contributed by atoms with Gasteiger partial charge in [0.1, 0.15) is 23.7 Å². The number of Topliss-reactive ketones (excluding diaryl/α,β-unsaturated/α-hetero) is 1. The predicted molar refractivity (Wildman–Crippen MR) is 131 cm³/mol. The normalized spacial score (nSPS) is 17.7. The van der Waals surface area contributed by atoms with Crippen molar-refractivity contribution in [1.82, 2.24) is 4.90 Å². The van der Waals surface area contributed by atoms with Gasteiger partial charge >= 0.3 is 11.9 Å². The highest BCUT2D eigenvalue weighted by atomic mass is 35.5. The van der Waals surface area contributed by atoms with Crippen molar-refractivity contribution in [2.75, 3.05) is 34.4 Å². The van der Waals surface area contributed by atoms with E-state index < -0.39 is 11.9 Å². The summed E-state index contributed by atoms with van der Waals surface area (Å²) in [6, 6.07) is 6.45. The molecule has 2 aromatic carbocycles. The molecule has 0 aliphatic carbocycles. The molecule has 1 fully saturated rings. The van der Waals surface area contributed by atoms with Crippen LogP contribution in [0.15, 0.2) is 24.3 Å². The lowest BCUT2D eigenvalue weighted by Gasteiger charge is -2.28. The molecule has 188 valence electrons. The first-order valence-electron chi connectivity index (χ1n) is 11.2. The number of carbonyl (C=O) groups is 3. The standard InChI is InChI=1S/C26H30ClNO7/c1-14-8-7-9-18(24(14)27)26(31)35-25-22(15(2)29)20(32-5)12-21(33-6)23(25)17-10-11-28(4)19(17)13-34-16(3)30/h7-9,12,17,19H,10-11,13H2,1-6H3/t17-,19+/m0/s1. The fourth-order valence-corrected chi connectivity index (χ4v) is 4.69. The van der Waals surface area contributed by atoms with E-state index in [2.05, 4.69) is 4.90 Å². The van der Waals surface area contributed by atoms with E-state index in [-0.39, 0.29) is 52.0 Å². The first-order chi connectivity index (χ1) is 16.6. The number of ether oxygens (including phenoxy) is 4. The van der Waals surface area contributed by atoms with E-state index in [1.54, 1.807) is 31.2 Å². The highest BCUT2D eigenvalue weighted by molar-refractivity contribution is 6.34. The van der Waals surface area contributed by atoms with Gasteiger partial charge in [-0.15, -0.1) is 0 Å². The predicted octanol–water partition coefficient (Wildman–Crippen LogP) is 4.44. The van der Waals surface area contributed by atoms with Crippen molar-refractivity contribution >= 4 is 29.3 Å². The summed E-state index contributed by atoms with van der Waals surface area (Å²) in [4.78, 5) is 39.7. The maximum atomic E-state index is 13.3. The number of ketones is 1. The Balaban J connectivity index is 2.21. The average Bonchev–Trinajstić information content (AvgIpc) is 3.17. The highest BCUT2D eigenvalue weighted by Gasteiger charge is 2.40. The second kappa shape index (κ2) is 11.1. The van der Waals surface area contributed by atoms with Crippen molar-refractivity contribution < 1.29 is 33.3 Å². The fourth-order valence-electron chi connectivity index (χ4n) is 4.49. The van der Waals surface area contributed by atoms with Crippen LogP contribution in [0.3, 0.4) is 0 Å². The van der Waals surface area contributed by atoms with Gasteiger partial charge in [0, 0.05) is 24.5 Å². The summed E-state index contributed by atoms with van der Waals surface area (Å²) in [5.74, 6) is -1.01. The lowest BCUT2D eigenvalue weighted by molar-refractivity contribution is -0.142. The first kappa shape index (κ1) is 26.5. The molecular weight excluding hydrogens is 474 g/mol. The number of benzene rings is 2. The molecule has 2 aromatic rings. The van der Waals surface area contributed by atoms with E-state index in [1.807, 2.05) is 7.05 Å². The molecule has 1 saturated heterocycles. The van der Waals surface area contributed by atoms with Gasteiger partial charge in [0.15, 0.2) is 11.5 Å². The Hall–Kier alpha value is -3.10. The average molecular weight is 504 g/mol. The van der Waals surface area contributed by atoms with Gasteiger partial charge in [0.25, 0.3) is 0 Å². The number of likely N-dealkylation sites (N-methyl/N-ethyl adjacent to an activating group) is 1. The van der Waals surface area contributed by atoms with Crippen LogP contribution in [0.25, 0.3) is 0 Å². The Morgan fingerprint density at radius 1 is 1.11 bits per heavy atom. The lowest BCUT2D eigenvalue weighted by atomic mass is 9.87. The second-order valence-corrected chi connectivity index (χ2v) is 8.90. The van der Waals surface area contributed by atoms with Crippen LogP contribution in [0, 0.1) is 6.92 Å². The molecule has 0 N–H and O–H groups in total. The largest absolute Gasteiger partial charge is 0.496 e. The summed E-state index contributed by atoms with van der Waals surface area (Å²) in [7, 11) is 4.85. The van der Waals surface area contributed by atoms with Gasteiger partial charge in [-0.1, -0.05) is 23.7 Å². The Morgan fingerprint density at radius 3 is 2.40 bits per heavy atom. The summed E-state index contributed by atoms with van der Waals surface area (Å²) in [5.41, 5.74) is 1.56. The summed E-state index contributed by atoms with van der Waals surface area (Å²) in [5, 5.41) is 0.270. The Kier molecular flexibility index (Phi) is 8.40. The van der Waals surface area contributed by atoms with E-state index in [4.69, 9.17) is 30.5 Å². The number of nitrogens with zero attached hydrogens (tertiary/aromatic N) is 1. The van der Waals surface area contributed by atoms with Crippen molar-refractivity contribution in [3.8, 4) is 17.2 Å². The molecule has 0 radical (unpaired) electrons. The van der Waals surface area contributed by atoms with Gasteiger partial charge in [0.05, 0.1) is 30.8 Å². The van der Waals surface area contributed by atoms with E-state index in [9.17, 15) is 14.4 Å². The zero-order valence-electron chi connectivity index (χ0n) is 20.8. The van der Waals surface area contributed by atoms with Crippen molar-refractivity contribution in [2.24, 2.45) is 0 Å². The first-order valence-corrected chi connectivity index (χ1v) is 11.6. The third kappa shape index (κ3) is 5.44. The third-order valence-electron chi connectivity index (χ3n) is 6.30. The van der Waals surface area contributed by atoms with Crippen LogP contribution in [0.2, 0.25) is 5.02 Å². The molecule has 0 bridgehead atoms. The number of esters is 2. The summed E-state index contributed by atoms with van der Waals surface area (Å²) < 4.78 is 22.4. The van der Waals surface area contributed by atoms with Crippen LogP contribution in [0.5, 0.6) is 17.2 Å². The zero-order valence-corrected chi connectivity index (χ0v) is 21.5. The number of carbonyl (C=O) groups excluding carboxylic acids is 3. The van der Waals surface area contributed by atoms with Gasteiger partial charge in [-0.05, 0) is 45.5 Å². The molecule has 1 aliphatic rings. The maximum absolute atomic E-state index is 13.3. The minimum absolute atomic E-state index is 0.0596. The topological polar surface area (TPSA) is 91.4 Å². The number of likely N-dealkylation sites (tertiary alicyclic amines) is 1. The molecular formula is C26H30ClNO7. The fraction of sp³-hybridized carbons (Fsp3) is 0.423. The SMILES string of the molecule is COc1cc(OC)c([C@H]2CCN(C)[C@@H]2COC(C)=O)c(OC(=O)c2cccc(C)c2Cl)c1C(C)=O. The van der Waals surface area contributed by atoms with Gasteiger partial charge in [-0.3, -0.25) is 14.5 Å². The van der Waals surface area contributed by atoms with E-state index in [1.165, 1.54) is 28.1 Å². The number of halogens is 1. The molecule has 2 atom stereocenters. The Labute approximate surface area is 210 Å². The van der Waals surface area contributed by atoms with Crippen LogP contribution in [0.4, 0.5) is 0 Å². The van der Waals surface area contributed by atoms with Gasteiger partial charge in [-0.2, -0.15) is 0 Å². The maximum Gasteiger partial charge on any atom is 0.345 e. The Bertz CT molecular complexity index is 1150. The van der Waals surface area contributed by atoms with E-state index in [0.717, 1.165) is 5.56 Å². The van der Waals surface area contributed by atoms with Gasteiger partial charge < -0.3 is 18.9 Å². The van der Waals surface area contributed by atoms with E-state index >= 15 is 0 Å². The molecule has 9 heteroatoms. The quantitative estimate of drug-likeness (QED) is 0.296. The van der Waals surface area contributed by atoms with Gasteiger partial charge in [0.2, 0.25) is 0 Å². The molecule has 35 heavy (non-hydrogen) atoms. The number of hydrogen-bond acceptors (Lipinski definition) is 8. The molecule has 0 saturated carbocycles. The third-order valence-corrected chi connectivity index (χ3v) is 6.80. The molecule has 0 spiro atoms. The van der Waals surface area contributed by atoms with Crippen molar-refractivity contribution in [1.29, 1.82) is 0 Å². The zero-order chi connectivity index (χ0) is 25.9. The molecule has 8 nitrogen and oxygen atoms in total. The van der Waals surface area contributed by atoms with E-state index in [0.29, 0.717) is 24.3 Å².